The first-order chi connectivity index (χ1) is 28.7. The number of nitrogens with two attached hydrogens (primary N) is 2. The molecule has 16 heteroatoms. The number of aldehydes is 1. The number of nitrogen functional groups attached to an aromatic ring is 1. The van der Waals surface area contributed by atoms with Gasteiger partial charge in [0.05, 0.1) is 18.1 Å². The number of carbonyl (C=O) groups excluding carboxylic acids is 4. The van der Waals surface area contributed by atoms with Gasteiger partial charge in [0.25, 0.3) is 0 Å². The standard InChI is InChI=1S/C23H39N3O5S.C14H22N2O2.C6H13N.C2H5NO/c1-7-9-10-11-30-26(21(28)12-17(5)8-2)19(16(3)4)13-20(31-23(29)24-6)22-25-18(14-27)15-32-22;1-14(2,13(17)18)9-12(16-3)8-10-4-6-11(15)7-5-10;1-7-5-3-2-4-6-7;1-2(3)4/h14-17,19-20H,7-13H2,1-6H3,(H,24,29);4-7,12,16H,8-9,15H2,1-3H3,(H,17,18);2-6H2,1H3;1H3,(H2,3,4)/t17-,19?,20?;;;/m0.../s1. The van der Waals surface area contributed by atoms with Crippen LogP contribution >= 0.6 is 11.3 Å². The van der Waals surface area contributed by atoms with Gasteiger partial charge in [0.2, 0.25) is 11.8 Å². The van der Waals surface area contributed by atoms with Crippen LogP contribution in [-0.4, -0.2) is 103 Å². The molecule has 348 valence electrons. The zero-order valence-corrected chi connectivity index (χ0v) is 39.8. The minimum absolute atomic E-state index is 0.0448. The van der Waals surface area contributed by atoms with Crippen molar-refractivity contribution in [2.75, 3.05) is 46.6 Å². The van der Waals surface area contributed by atoms with Crippen LogP contribution in [0.2, 0.25) is 0 Å². The van der Waals surface area contributed by atoms with Gasteiger partial charge in [-0.25, -0.2) is 14.8 Å². The lowest BCUT2D eigenvalue weighted by molar-refractivity contribution is -0.210. The topological polar surface area (TPSA) is 220 Å². The highest BCUT2D eigenvalue weighted by atomic mass is 32.1. The van der Waals surface area contributed by atoms with Crippen molar-refractivity contribution in [3.8, 4) is 0 Å². The molecule has 4 atom stereocenters. The molecule has 3 rings (SSSR count). The van der Waals surface area contributed by atoms with Crippen molar-refractivity contribution < 1.29 is 38.7 Å². The fourth-order valence-electron chi connectivity index (χ4n) is 6.12. The summed E-state index contributed by atoms with van der Waals surface area (Å²) in [6, 6.07) is 7.50. The Morgan fingerprint density at radius 3 is 2.10 bits per heavy atom. The Kier molecular flexibility index (Phi) is 29.5. The summed E-state index contributed by atoms with van der Waals surface area (Å²) in [7, 11) is 5.54. The lowest BCUT2D eigenvalue weighted by Crippen LogP contribution is -2.45. The molecule has 1 aromatic carbocycles. The molecular weight excluding hydrogens is 799 g/mol. The Balaban J connectivity index is 0.00000102. The van der Waals surface area contributed by atoms with Gasteiger partial charge in [-0.05, 0) is 103 Å². The minimum atomic E-state index is -0.764. The van der Waals surface area contributed by atoms with E-state index >= 15 is 0 Å². The van der Waals surface area contributed by atoms with Crippen LogP contribution in [0.5, 0.6) is 0 Å². The van der Waals surface area contributed by atoms with Crippen LogP contribution < -0.4 is 22.1 Å². The number of alkyl carbamates (subject to hydrolysis) is 1. The number of amides is 3. The van der Waals surface area contributed by atoms with Crippen LogP contribution in [0.15, 0.2) is 29.6 Å². The van der Waals surface area contributed by atoms with E-state index in [4.69, 9.17) is 20.4 Å². The maximum atomic E-state index is 13.2. The molecule has 1 aliphatic rings. The normalized spacial score (nSPS) is 14.6. The Morgan fingerprint density at radius 1 is 1.05 bits per heavy atom. The molecule has 2 aromatic rings. The number of rotatable bonds is 21. The molecular formula is C45H79N7O8S. The number of nitrogens with one attached hydrogen (secondary N) is 2. The summed E-state index contributed by atoms with van der Waals surface area (Å²) in [5.41, 5.74) is 11.6. The number of carboxylic acid groups (broad SMARTS) is 1. The lowest BCUT2D eigenvalue weighted by Gasteiger charge is -2.35. The van der Waals surface area contributed by atoms with Crippen molar-refractivity contribution in [3.63, 3.8) is 0 Å². The van der Waals surface area contributed by atoms with Crippen LogP contribution in [0, 0.1) is 17.3 Å². The van der Waals surface area contributed by atoms with Crippen LogP contribution in [0.3, 0.4) is 0 Å². The highest BCUT2D eigenvalue weighted by Crippen LogP contribution is 2.31. The lowest BCUT2D eigenvalue weighted by atomic mass is 9.84. The molecule has 1 aliphatic heterocycles. The highest BCUT2D eigenvalue weighted by molar-refractivity contribution is 7.09. The summed E-state index contributed by atoms with van der Waals surface area (Å²) in [5, 5.41) is 18.4. The molecule has 0 bridgehead atoms. The number of ether oxygens (including phenoxy) is 1. The maximum absolute atomic E-state index is 13.2. The van der Waals surface area contributed by atoms with Crippen molar-refractivity contribution in [2.24, 2.45) is 23.0 Å². The number of hydrogen-bond donors (Lipinski definition) is 5. The number of hydrogen-bond acceptors (Lipinski definition) is 12. The molecule has 1 saturated heterocycles. The van der Waals surface area contributed by atoms with Gasteiger partial charge >= 0.3 is 12.1 Å². The van der Waals surface area contributed by atoms with Crippen molar-refractivity contribution in [1.82, 2.24) is 25.6 Å². The molecule has 15 nitrogen and oxygen atoms in total. The summed E-state index contributed by atoms with van der Waals surface area (Å²) in [6.07, 6.45) is 9.57. The Labute approximate surface area is 370 Å². The number of primary amides is 1. The van der Waals surface area contributed by atoms with E-state index in [1.165, 1.54) is 62.7 Å². The molecule has 0 aliphatic carbocycles. The first-order valence-electron chi connectivity index (χ1n) is 21.7. The quantitative estimate of drug-likeness (QED) is 0.0354. The monoisotopic (exact) mass is 878 g/mol. The van der Waals surface area contributed by atoms with Gasteiger partial charge < -0.3 is 36.8 Å². The second-order valence-electron chi connectivity index (χ2n) is 16.7. The van der Waals surface area contributed by atoms with Crippen LogP contribution in [-0.2, 0) is 30.4 Å². The summed E-state index contributed by atoms with van der Waals surface area (Å²) >= 11 is 1.26. The van der Waals surface area contributed by atoms with Crippen molar-refractivity contribution in [1.29, 1.82) is 0 Å². The number of benzene rings is 1. The van der Waals surface area contributed by atoms with E-state index in [0.717, 1.165) is 43.4 Å². The SMILES string of the molecule is CC(N)=O.CCCCCON(C(=O)C[C@@H](C)CC)C(CC(OC(=O)NC)c1nc(C=O)cs1)C(C)C.CN1CCCCC1.CNC(Cc1ccc(N)cc1)CC(C)(C)C(=O)O. The number of unbranched alkanes of at least 4 members (excludes halogenated alkanes) is 2. The van der Waals surface area contributed by atoms with Crippen molar-refractivity contribution >= 4 is 47.2 Å². The van der Waals surface area contributed by atoms with Crippen molar-refractivity contribution in [3.05, 3.63) is 45.9 Å². The third kappa shape index (κ3) is 25.4. The number of aromatic nitrogens is 1. The number of anilines is 1. The molecule has 0 spiro atoms. The number of likely N-dealkylation sites (tertiary alicyclic amines) is 1. The zero-order valence-electron chi connectivity index (χ0n) is 39.0. The van der Waals surface area contributed by atoms with E-state index in [1.54, 1.807) is 19.2 Å². The fraction of sp³-hybridized carbons (Fsp3) is 0.689. The van der Waals surface area contributed by atoms with E-state index in [1.807, 2.05) is 52.1 Å². The van der Waals surface area contributed by atoms with Gasteiger partial charge in [-0.1, -0.05) is 72.4 Å². The summed E-state index contributed by atoms with van der Waals surface area (Å²) in [4.78, 5) is 69.4. The van der Waals surface area contributed by atoms with Crippen LogP contribution in [0.1, 0.15) is 147 Å². The summed E-state index contributed by atoms with van der Waals surface area (Å²) in [5.74, 6) is -0.881. The Bertz CT molecular complexity index is 1530. The highest BCUT2D eigenvalue weighted by Gasteiger charge is 2.34. The van der Waals surface area contributed by atoms with Gasteiger partial charge in [0, 0.05) is 43.9 Å². The van der Waals surface area contributed by atoms with Gasteiger partial charge in [-0.2, -0.15) is 0 Å². The molecule has 2 heterocycles. The van der Waals surface area contributed by atoms with Crippen molar-refractivity contribution in [2.45, 2.75) is 144 Å². The molecule has 1 fully saturated rings. The molecule has 7 N–H and O–H groups in total. The first kappa shape index (κ1) is 56.9. The molecule has 1 aromatic heterocycles. The Morgan fingerprint density at radius 2 is 1.66 bits per heavy atom. The molecule has 3 unspecified atom stereocenters. The van der Waals surface area contributed by atoms with E-state index < -0.39 is 23.6 Å². The van der Waals surface area contributed by atoms with Gasteiger partial charge in [-0.15, -0.1) is 11.3 Å². The Hall–Kier alpha value is -4.12. The first-order valence-corrected chi connectivity index (χ1v) is 22.6. The van der Waals surface area contributed by atoms with E-state index in [0.29, 0.717) is 37.2 Å². The third-order valence-corrected chi connectivity index (χ3v) is 11.1. The van der Waals surface area contributed by atoms with Gasteiger partial charge in [0.1, 0.15) is 10.7 Å². The maximum Gasteiger partial charge on any atom is 0.407 e. The van der Waals surface area contributed by atoms with Gasteiger partial charge in [0.15, 0.2) is 12.4 Å². The predicted octanol–water partition coefficient (Wildman–Crippen LogP) is 7.65. The number of likely N-dealkylation sites (N-methyl/N-ethyl adjacent to an activating group) is 1. The largest absolute Gasteiger partial charge is 0.481 e. The predicted molar refractivity (Wildman–Crippen MR) is 245 cm³/mol. The van der Waals surface area contributed by atoms with E-state index in [9.17, 15) is 24.0 Å². The average molecular weight is 878 g/mol. The number of nitrogens with zero attached hydrogens (tertiary/aromatic N) is 3. The fourth-order valence-corrected chi connectivity index (χ4v) is 6.92. The molecule has 0 saturated carbocycles. The number of hydroxylamine groups is 2. The second-order valence-corrected chi connectivity index (χ2v) is 17.6. The minimum Gasteiger partial charge on any atom is -0.481 e. The molecule has 61 heavy (non-hydrogen) atoms. The van der Waals surface area contributed by atoms with E-state index in [2.05, 4.69) is 47.1 Å². The zero-order chi connectivity index (χ0) is 46.5. The molecule has 3 amide bonds. The number of aliphatic carboxylic acids is 1. The number of thiazole rings is 1. The number of piperidine rings is 1. The molecule has 0 radical (unpaired) electrons. The van der Waals surface area contributed by atoms with E-state index in [-0.39, 0.29) is 41.4 Å². The van der Waals surface area contributed by atoms with Crippen LogP contribution in [0.25, 0.3) is 0 Å². The second kappa shape index (κ2) is 31.7. The van der Waals surface area contributed by atoms with Crippen LogP contribution in [0.4, 0.5) is 10.5 Å². The summed E-state index contributed by atoms with van der Waals surface area (Å²) in [6.45, 7) is 18.2. The number of carbonyl (C=O) groups is 5. The third-order valence-electron chi connectivity index (χ3n) is 10.1. The number of carboxylic acids is 1. The summed E-state index contributed by atoms with van der Waals surface area (Å²) < 4.78 is 5.59. The van der Waals surface area contributed by atoms with Gasteiger partial charge in [-0.3, -0.25) is 24.0 Å². The smallest absolute Gasteiger partial charge is 0.407 e. The average Bonchev–Trinajstić information content (AvgIpc) is 3.70.